The molecule has 0 amide bonds. The summed E-state index contributed by atoms with van der Waals surface area (Å²) in [4.78, 5) is 20.8. The molecule has 17 heavy (non-hydrogen) atoms. The van der Waals surface area contributed by atoms with E-state index in [0.29, 0.717) is 5.03 Å². The van der Waals surface area contributed by atoms with E-state index >= 15 is 0 Å². The standard InChI is InChI=1S/C10H9ClN2O4/c1-6(11)5-12-8-3-2-7(10(14)15)4-9(8)13(16)17/h2-4,12H,1,5H2,(H,14,15). The largest absolute Gasteiger partial charge is 0.478 e. The predicted molar refractivity (Wildman–Crippen MR) is 63.5 cm³/mol. The van der Waals surface area contributed by atoms with Crippen molar-refractivity contribution in [1.29, 1.82) is 0 Å². The van der Waals surface area contributed by atoms with Crippen molar-refractivity contribution in [2.24, 2.45) is 0 Å². The zero-order chi connectivity index (χ0) is 13.0. The molecule has 0 radical (unpaired) electrons. The van der Waals surface area contributed by atoms with E-state index in [4.69, 9.17) is 16.7 Å². The van der Waals surface area contributed by atoms with Crippen LogP contribution in [0, 0.1) is 10.1 Å². The molecular formula is C10H9ClN2O4. The maximum absolute atomic E-state index is 10.8. The summed E-state index contributed by atoms with van der Waals surface area (Å²) in [5.74, 6) is -1.22. The van der Waals surface area contributed by atoms with E-state index in [0.717, 1.165) is 6.07 Å². The Hall–Kier alpha value is -2.08. The summed E-state index contributed by atoms with van der Waals surface area (Å²) < 4.78 is 0. The van der Waals surface area contributed by atoms with Gasteiger partial charge in [-0.25, -0.2) is 4.79 Å². The number of benzene rings is 1. The first kappa shape index (κ1) is 13.0. The van der Waals surface area contributed by atoms with Crippen LogP contribution >= 0.6 is 11.6 Å². The molecule has 2 N–H and O–H groups in total. The summed E-state index contributed by atoms with van der Waals surface area (Å²) >= 11 is 5.52. The van der Waals surface area contributed by atoms with E-state index in [-0.39, 0.29) is 23.5 Å². The van der Waals surface area contributed by atoms with E-state index in [1.54, 1.807) is 0 Å². The number of carboxylic acid groups (broad SMARTS) is 1. The van der Waals surface area contributed by atoms with E-state index in [1.165, 1.54) is 12.1 Å². The first-order valence-electron chi connectivity index (χ1n) is 4.50. The van der Waals surface area contributed by atoms with Gasteiger partial charge in [-0.05, 0) is 12.1 Å². The van der Waals surface area contributed by atoms with Crippen molar-refractivity contribution in [3.8, 4) is 0 Å². The lowest BCUT2D eigenvalue weighted by Gasteiger charge is -2.06. The summed E-state index contributed by atoms with van der Waals surface area (Å²) in [5, 5.41) is 22.5. The van der Waals surface area contributed by atoms with Crippen LogP contribution in [0.15, 0.2) is 29.8 Å². The monoisotopic (exact) mass is 256 g/mol. The van der Waals surface area contributed by atoms with Crippen LogP contribution in [-0.2, 0) is 0 Å². The van der Waals surface area contributed by atoms with Crippen molar-refractivity contribution in [2.75, 3.05) is 11.9 Å². The summed E-state index contributed by atoms with van der Waals surface area (Å²) in [5.41, 5.74) is -0.267. The van der Waals surface area contributed by atoms with Crippen molar-refractivity contribution in [2.45, 2.75) is 0 Å². The molecule has 0 aliphatic rings. The van der Waals surface area contributed by atoms with Gasteiger partial charge in [0.05, 0.1) is 17.0 Å². The van der Waals surface area contributed by atoms with Gasteiger partial charge in [-0.2, -0.15) is 0 Å². The second kappa shape index (κ2) is 5.31. The highest BCUT2D eigenvalue weighted by atomic mass is 35.5. The topological polar surface area (TPSA) is 92.5 Å². The molecule has 0 spiro atoms. The molecule has 0 aliphatic carbocycles. The molecule has 7 heteroatoms. The molecule has 0 heterocycles. The third-order valence-electron chi connectivity index (χ3n) is 1.91. The fraction of sp³-hybridized carbons (Fsp3) is 0.100. The molecule has 0 saturated heterocycles. The van der Waals surface area contributed by atoms with Gasteiger partial charge in [-0.15, -0.1) is 0 Å². The highest BCUT2D eigenvalue weighted by Gasteiger charge is 2.16. The van der Waals surface area contributed by atoms with Crippen molar-refractivity contribution in [3.05, 3.63) is 45.5 Å². The van der Waals surface area contributed by atoms with Gasteiger partial charge in [-0.1, -0.05) is 18.2 Å². The number of halogens is 1. The van der Waals surface area contributed by atoms with Crippen LogP contribution in [0.5, 0.6) is 0 Å². The first-order valence-corrected chi connectivity index (χ1v) is 4.88. The lowest BCUT2D eigenvalue weighted by atomic mass is 10.1. The summed E-state index contributed by atoms with van der Waals surface area (Å²) in [6, 6.07) is 3.58. The van der Waals surface area contributed by atoms with E-state index in [2.05, 4.69) is 11.9 Å². The summed E-state index contributed by atoms with van der Waals surface area (Å²) in [6.07, 6.45) is 0. The number of carbonyl (C=O) groups is 1. The number of rotatable bonds is 5. The number of hydrogen-bond acceptors (Lipinski definition) is 4. The van der Waals surface area contributed by atoms with Crippen LogP contribution in [0.1, 0.15) is 10.4 Å². The van der Waals surface area contributed by atoms with Crippen molar-refractivity contribution in [1.82, 2.24) is 0 Å². The van der Waals surface area contributed by atoms with Gasteiger partial charge >= 0.3 is 5.97 Å². The van der Waals surface area contributed by atoms with E-state index in [9.17, 15) is 14.9 Å². The fourth-order valence-corrected chi connectivity index (χ4v) is 1.22. The van der Waals surface area contributed by atoms with E-state index in [1.807, 2.05) is 0 Å². The fourth-order valence-electron chi connectivity index (χ4n) is 1.16. The third kappa shape index (κ3) is 3.46. The Kier molecular flexibility index (Phi) is 4.06. The van der Waals surface area contributed by atoms with Crippen molar-refractivity contribution >= 4 is 28.9 Å². The van der Waals surface area contributed by atoms with Crippen LogP contribution in [0.2, 0.25) is 0 Å². The molecule has 1 aromatic rings. The first-order chi connectivity index (χ1) is 7.91. The number of anilines is 1. The quantitative estimate of drug-likeness (QED) is 0.623. The van der Waals surface area contributed by atoms with Crippen molar-refractivity contribution < 1.29 is 14.8 Å². The zero-order valence-corrected chi connectivity index (χ0v) is 9.40. The number of hydrogen-bond donors (Lipinski definition) is 2. The number of nitro benzene ring substituents is 1. The minimum absolute atomic E-state index is 0.146. The Labute approximate surface area is 102 Å². The normalized spacial score (nSPS) is 9.71. The number of nitro groups is 1. The highest BCUT2D eigenvalue weighted by Crippen LogP contribution is 2.25. The van der Waals surface area contributed by atoms with Crippen LogP contribution in [0.3, 0.4) is 0 Å². The predicted octanol–water partition coefficient (Wildman–Crippen LogP) is 2.46. The smallest absolute Gasteiger partial charge is 0.335 e. The molecule has 0 atom stereocenters. The van der Waals surface area contributed by atoms with Crippen LogP contribution in [0.4, 0.5) is 11.4 Å². The molecular weight excluding hydrogens is 248 g/mol. The summed E-state index contributed by atoms with van der Waals surface area (Å²) in [7, 11) is 0. The molecule has 0 aromatic heterocycles. The van der Waals surface area contributed by atoms with Gasteiger partial charge < -0.3 is 10.4 Å². The minimum atomic E-state index is -1.22. The average Bonchev–Trinajstić information content (AvgIpc) is 2.25. The molecule has 1 aromatic carbocycles. The van der Waals surface area contributed by atoms with Gasteiger partial charge in [-0.3, -0.25) is 10.1 Å². The van der Waals surface area contributed by atoms with Crippen LogP contribution < -0.4 is 5.32 Å². The van der Waals surface area contributed by atoms with Gasteiger partial charge in [0.15, 0.2) is 0 Å². The molecule has 0 unspecified atom stereocenters. The average molecular weight is 257 g/mol. The molecule has 6 nitrogen and oxygen atoms in total. The Morgan fingerprint density at radius 3 is 2.71 bits per heavy atom. The number of nitrogens with zero attached hydrogens (tertiary/aromatic N) is 1. The Bertz CT molecular complexity index is 487. The molecule has 0 saturated carbocycles. The highest BCUT2D eigenvalue weighted by molar-refractivity contribution is 6.29. The molecule has 1 rings (SSSR count). The third-order valence-corrected chi connectivity index (χ3v) is 2.05. The molecule has 0 aliphatic heterocycles. The molecule has 0 bridgehead atoms. The maximum Gasteiger partial charge on any atom is 0.335 e. The molecule has 0 fully saturated rings. The second-order valence-corrected chi connectivity index (χ2v) is 3.70. The van der Waals surface area contributed by atoms with Crippen LogP contribution in [-0.4, -0.2) is 22.5 Å². The van der Waals surface area contributed by atoms with E-state index < -0.39 is 10.9 Å². The van der Waals surface area contributed by atoms with Crippen molar-refractivity contribution in [3.63, 3.8) is 0 Å². The maximum atomic E-state index is 10.8. The van der Waals surface area contributed by atoms with Gasteiger partial charge in [0.25, 0.3) is 5.69 Å². The Morgan fingerprint density at radius 1 is 1.59 bits per heavy atom. The van der Waals surface area contributed by atoms with Gasteiger partial charge in [0.1, 0.15) is 5.69 Å². The Morgan fingerprint density at radius 2 is 2.24 bits per heavy atom. The van der Waals surface area contributed by atoms with Gasteiger partial charge in [0, 0.05) is 11.1 Å². The Balaban J connectivity index is 3.08. The number of nitrogens with one attached hydrogen (secondary N) is 1. The number of aromatic carboxylic acids is 1. The lowest BCUT2D eigenvalue weighted by molar-refractivity contribution is -0.384. The van der Waals surface area contributed by atoms with Gasteiger partial charge in [0.2, 0.25) is 0 Å². The number of carboxylic acids is 1. The van der Waals surface area contributed by atoms with Crippen LogP contribution in [0.25, 0.3) is 0 Å². The zero-order valence-electron chi connectivity index (χ0n) is 8.64. The minimum Gasteiger partial charge on any atom is -0.478 e. The lowest BCUT2D eigenvalue weighted by Crippen LogP contribution is -2.05. The SMILES string of the molecule is C=C(Cl)CNc1ccc(C(=O)O)cc1[N+](=O)[O-]. The second-order valence-electron chi connectivity index (χ2n) is 3.17. The summed E-state index contributed by atoms with van der Waals surface area (Å²) in [6.45, 7) is 3.59. The molecule has 90 valence electrons.